The van der Waals surface area contributed by atoms with Gasteiger partial charge in [-0.05, 0) is 24.3 Å². The number of aromatic nitrogens is 2. The molecule has 0 bridgehead atoms. The van der Waals surface area contributed by atoms with Crippen molar-refractivity contribution in [1.82, 2.24) is 9.97 Å². The number of rotatable bonds is 5. The third kappa shape index (κ3) is 2.60. The maximum atomic E-state index is 11.1. The van der Waals surface area contributed by atoms with Crippen LogP contribution in [-0.4, -0.2) is 42.4 Å². The summed E-state index contributed by atoms with van der Waals surface area (Å²) in [4.78, 5) is 18.7. The molecule has 0 aliphatic heterocycles. The summed E-state index contributed by atoms with van der Waals surface area (Å²) in [5.74, 6) is 1.20. The van der Waals surface area contributed by atoms with Crippen molar-refractivity contribution in [2.75, 3.05) is 21.3 Å². The van der Waals surface area contributed by atoms with E-state index >= 15 is 0 Å². The average Bonchev–Trinajstić information content (AvgIpc) is 3.03. The molecule has 124 valence electrons. The molecular weight excluding hydrogens is 312 g/mol. The SMILES string of the molecule is COc1cc(OC)c(-c2nc3ccc(C(=O)O)cc3[nH]2)cc1OC. The van der Waals surface area contributed by atoms with Crippen molar-refractivity contribution in [3.05, 3.63) is 35.9 Å². The Morgan fingerprint density at radius 3 is 2.29 bits per heavy atom. The number of benzene rings is 2. The molecule has 0 unspecified atom stereocenters. The molecule has 0 amide bonds. The smallest absolute Gasteiger partial charge is 0.335 e. The van der Waals surface area contributed by atoms with Gasteiger partial charge >= 0.3 is 5.97 Å². The predicted octanol–water partition coefficient (Wildman–Crippen LogP) is 2.95. The van der Waals surface area contributed by atoms with Gasteiger partial charge in [-0.15, -0.1) is 0 Å². The van der Waals surface area contributed by atoms with E-state index in [0.29, 0.717) is 39.7 Å². The van der Waals surface area contributed by atoms with Crippen LogP contribution in [-0.2, 0) is 0 Å². The van der Waals surface area contributed by atoms with E-state index in [2.05, 4.69) is 9.97 Å². The van der Waals surface area contributed by atoms with E-state index in [4.69, 9.17) is 19.3 Å². The lowest BCUT2D eigenvalue weighted by molar-refractivity contribution is 0.0697. The van der Waals surface area contributed by atoms with Gasteiger partial charge in [-0.3, -0.25) is 0 Å². The Bertz CT molecular complexity index is 917. The summed E-state index contributed by atoms with van der Waals surface area (Å²) >= 11 is 0. The topological polar surface area (TPSA) is 93.7 Å². The molecule has 24 heavy (non-hydrogen) atoms. The van der Waals surface area contributed by atoms with Gasteiger partial charge in [-0.25, -0.2) is 9.78 Å². The van der Waals surface area contributed by atoms with E-state index in [9.17, 15) is 4.79 Å². The van der Waals surface area contributed by atoms with Crippen molar-refractivity contribution < 1.29 is 24.1 Å². The van der Waals surface area contributed by atoms with Crippen molar-refractivity contribution in [3.63, 3.8) is 0 Å². The summed E-state index contributed by atoms with van der Waals surface area (Å²) in [5.41, 5.74) is 2.16. The fraction of sp³-hybridized carbons (Fsp3) is 0.176. The number of carbonyl (C=O) groups is 1. The molecular formula is C17H16N2O5. The molecule has 0 radical (unpaired) electrons. The van der Waals surface area contributed by atoms with Gasteiger partial charge in [-0.2, -0.15) is 0 Å². The fourth-order valence-electron chi connectivity index (χ4n) is 2.48. The zero-order valence-electron chi connectivity index (χ0n) is 13.4. The molecule has 0 spiro atoms. The quantitative estimate of drug-likeness (QED) is 0.748. The number of carboxylic acid groups (broad SMARTS) is 1. The van der Waals surface area contributed by atoms with Crippen molar-refractivity contribution in [2.45, 2.75) is 0 Å². The van der Waals surface area contributed by atoms with Crippen LogP contribution in [0.2, 0.25) is 0 Å². The number of hydrogen-bond acceptors (Lipinski definition) is 5. The molecule has 7 nitrogen and oxygen atoms in total. The molecule has 0 fully saturated rings. The van der Waals surface area contributed by atoms with Crippen LogP contribution in [0.3, 0.4) is 0 Å². The minimum atomic E-state index is -0.989. The van der Waals surface area contributed by atoms with Crippen molar-refractivity contribution in [1.29, 1.82) is 0 Å². The lowest BCUT2D eigenvalue weighted by Gasteiger charge is -2.12. The van der Waals surface area contributed by atoms with Gasteiger partial charge in [0.2, 0.25) is 0 Å². The second kappa shape index (κ2) is 6.11. The highest BCUT2D eigenvalue weighted by molar-refractivity contribution is 5.93. The Morgan fingerprint density at radius 1 is 1.00 bits per heavy atom. The van der Waals surface area contributed by atoms with Gasteiger partial charge in [0.15, 0.2) is 11.5 Å². The second-order valence-corrected chi connectivity index (χ2v) is 5.03. The Kier molecular flexibility index (Phi) is 3.99. The van der Waals surface area contributed by atoms with Crippen LogP contribution in [0, 0.1) is 0 Å². The summed E-state index contributed by atoms with van der Waals surface area (Å²) in [6.07, 6.45) is 0. The van der Waals surface area contributed by atoms with E-state index in [0.717, 1.165) is 0 Å². The lowest BCUT2D eigenvalue weighted by Crippen LogP contribution is -1.95. The van der Waals surface area contributed by atoms with Crippen LogP contribution in [0.4, 0.5) is 0 Å². The number of fused-ring (bicyclic) bond motifs is 1. The van der Waals surface area contributed by atoms with E-state index in [-0.39, 0.29) is 5.56 Å². The summed E-state index contributed by atoms with van der Waals surface area (Å²) in [6.45, 7) is 0. The highest BCUT2D eigenvalue weighted by Crippen LogP contribution is 2.39. The van der Waals surface area contributed by atoms with E-state index in [1.54, 1.807) is 45.6 Å². The maximum Gasteiger partial charge on any atom is 0.335 e. The minimum Gasteiger partial charge on any atom is -0.496 e. The molecule has 0 atom stereocenters. The number of nitrogens with one attached hydrogen (secondary N) is 1. The van der Waals surface area contributed by atoms with Crippen molar-refractivity contribution >= 4 is 17.0 Å². The zero-order valence-corrected chi connectivity index (χ0v) is 13.4. The lowest BCUT2D eigenvalue weighted by atomic mass is 10.1. The maximum absolute atomic E-state index is 11.1. The standard InChI is InChI=1S/C17H16N2O5/c1-22-13-8-15(24-3)14(23-2)7-10(13)16-18-11-5-4-9(17(20)21)6-12(11)19-16/h4-8H,1-3H3,(H,18,19)(H,20,21). The molecule has 0 saturated carbocycles. The fourth-order valence-corrected chi connectivity index (χ4v) is 2.48. The molecule has 0 aliphatic rings. The first kappa shape index (κ1) is 15.7. The first-order valence-corrected chi connectivity index (χ1v) is 7.10. The number of aromatic amines is 1. The highest BCUT2D eigenvalue weighted by Gasteiger charge is 2.17. The monoisotopic (exact) mass is 328 g/mol. The molecule has 3 rings (SSSR count). The third-order valence-corrected chi connectivity index (χ3v) is 3.69. The van der Waals surface area contributed by atoms with E-state index in [1.807, 2.05) is 0 Å². The van der Waals surface area contributed by atoms with Crippen molar-refractivity contribution in [2.24, 2.45) is 0 Å². The molecule has 3 aromatic rings. The molecule has 2 N–H and O–H groups in total. The highest BCUT2D eigenvalue weighted by atomic mass is 16.5. The number of aromatic carboxylic acids is 1. The number of hydrogen-bond donors (Lipinski definition) is 2. The molecule has 0 aliphatic carbocycles. The van der Waals surface area contributed by atoms with Gasteiger partial charge in [0.1, 0.15) is 11.6 Å². The summed E-state index contributed by atoms with van der Waals surface area (Å²) in [7, 11) is 4.65. The Balaban J connectivity index is 2.17. The normalized spacial score (nSPS) is 10.6. The number of nitrogens with zero attached hydrogens (tertiary/aromatic N) is 1. The summed E-state index contributed by atoms with van der Waals surface area (Å²) in [5, 5.41) is 9.09. The first-order valence-electron chi connectivity index (χ1n) is 7.10. The number of H-pyrrole nitrogens is 1. The average molecular weight is 328 g/mol. The first-order chi connectivity index (χ1) is 11.6. The van der Waals surface area contributed by atoms with Gasteiger partial charge in [0, 0.05) is 6.07 Å². The molecule has 1 aromatic heterocycles. The number of carboxylic acids is 1. The van der Waals surface area contributed by atoms with Crippen LogP contribution in [0.1, 0.15) is 10.4 Å². The Hall–Kier alpha value is -3.22. The van der Waals surface area contributed by atoms with Crippen LogP contribution in [0.5, 0.6) is 17.2 Å². The van der Waals surface area contributed by atoms with Crippen LogP contribution in [0.15, 0.2) is 30.3 Å². The number of imidazole rings is 1. The van der Waals surface area contributed by atoms with Gasteiger partial charge in [0.05, 0.1) is 43.5 Å². The Labute approximate surface area is 137 Å². The molecule has 2 aromatic carbocycles. The molecule has 0 saturated heterocycles. The van der Waals surface area contributed by atoms with Crippen LogP contribution < -0.4 is 14.2 Å². The molecule has 7 heteroatoms. The Morgan fingerprint density at radius 2 is 1.67 bits per heavy atom. The minimum absolute atomic E-state index is 0.192. The van der Waals surface area contributed by atoms with Gasteiger partial charge in [0.25, 0.3) is 0 Å². The van der Waals surface area contributed by atoms with Gasteiger partial charge in [-0.1, -0.05) is 0 Å². The van der Waals surface area contributed by atoms with E-state index < -0.39 is 5.97 Å². The van der Waals surface area contributed by atoms with Crippen LogP contribution >= 0.6 is 0 Å². The van der Waals surface area contributed by atoms with Crippen molar-refractivity contribution in [3.8, 4) is 28.6 Å². The number of ether oxygens (including phenoxy) is 3. The zero-order chi connectivity index (χ0) is 17.3. The van der Waals surface area contributed by atoms with Gasteiger partial charge < -0.3 is 24.3 Å². The second-order valence-electron chi connectivity index (χ2n) is 5.03. The van der Waals surface area contributed by atoms with Crippen LogP contribution in [0.25, 0.3) is 22.4 Å². The predicted molar refractivity (Wildman–Crippen MR) is 88.1 cm³/mol. The molecule has 1 heterocycles. The number of methoxy groups -OCH3 is 3. The third-order valence-electron chi connectivity index (χ3n) is 3.69. The summed E-state index contributed by atoms with van der Waals surface area (Å²) < 4.78 is 16.0. The van der Waals surface area contributed by atoms with E-state index in [1.165, 1.54) is 6.07 Å². The summed E-state index contributed by atoms with van der Waals surface area (Å²) in [6, 6.07) is 8.19. The largest absolute Gasteiger partial charge is 0.496 e.